The Morgan fingerprint density at radius 2 is 2.10 bits per heavy atom. The van der Waals surface area contributed by atoms with E-state index in [1.165, 1.54) is 12.8 Å². The van der Waals surface area contributed by atoms with Crippen molar-refractivity contribution in [2.24, 2.45) is 5.92 Å². The minimum absolute atomic E-state index is 0.218. The second kappa shape index (κ2) is 6.48. The summed E-state index contributed by atoms with van der Waals surface area (Å²) in [6.45, 7) is 5.97. The molecule has 10 heavy (non-hydrogen) atoms. The van der Waals surface area contributed by atoms with E-state index in [-0.39, 0.29) is 5.38 Å². The molecule has 0 aliphatic heterocycles. The third kappa shape index (κ3) is 5.55. The van der Waals surface area contributed by atoms with E-state index >= 15 is 0 Å². The first-order chi connectivity index (χ1) is 4.68. The summed E-state index contributed by atoms with van der Waals surface area (Å²) in [6.07, 6.45) is 3.61. The maximum absolute atomic E-state index is 5.83. The highest BCUT2D eigenvalue weighted by Gasteiger charge is 2.07. The summed E-state index contributed by atoms with van der Waals surface area (Å²) in [6, 6.07) is 0. The standard InChI is InChI=1S/C8H15BrCl/c1-7(8(2)10)5-3-4-6-9/h7-8H,1,3-6H2,2H3. The van der Waals surface area contributed by atoms with Crippen molar-refractivity contribution in [2.45, 2.75) is 31.6 Å². The molecule has 2 heteroatoms. The minimum atomic E-state index is 0.218. The number of hydrogen-bond donors (Lipinski definition) is 0. The zero-order chi connectivity index (χ0) is 7.98. The number of hydrogen-bond acceptors (Lipinski definition) is 0. The van der Waals surface area contributed by atoms with Crippen LogP contribution in [0, 0.1) is 12.8 Å². The SMILES string of the molecule is [CH2]C(CCCCBr)C(C)Cl. The summed E-state index contributed by atoms with van der Waals surface area (Å²) in [5.41, 5.74) is 0. The predicted octanol–water partition coefficient (Wildman–Crippen LogP) is 3.63. The van der Waals surface area contributed by atoms with Crippen LogP contribution in [-0.4, -0.2) is 10.7 Å². The van der Waals surface area contributed by atoms with Crippen molar-refractivity contribution in [3.05, 3.63) is 6.92 Å². The van der Waals surface area contributed by atoms with Crippen molar-refractivity contribution < 1.29 is 0 Å². The van der Waals surface area contributed by atoms with Gasteiger partial charge in [0.25, 0.3) is 0 Å². The second-order valence-corrected chi connectivity index (χ2v) is 4.10. The topological polar surface area (TPSA) is 0 Å². The molecule has 0 nitrogen and oxygen atoms in total. The van der Waals surface area contributed by atoms with Gasteiger partial charge in [0.05, 0.1) is 0 Å². The van der Waals surface area contributed by atoms with Crippen LogP contribution in [0.15, 0.2) is 0 Å². The van der Waals surface area contributed by atoms with Crippen molar-refractivity contribution >= 4 is 27.5 Å². The van der Waals surface area contributed by atoms with Gasteiger partial charge in [-0.2, -0.15) is 0 Å². The summed E-state index contributed by atoms with van der Waals surface area (Å²) in [5.74, 6) is 0.417. The van der Waals surface area contributed by atoms with E-state index < -0.39 is 0 Å². The van der Waals surface area contributed by atoms with Gasteiger partial charge < -0.3 is 0 Å². The highest BCUT2D eigenvalue weighted by atomic mass is 79.9. The van der Waals surface area contributed by atoms with Gasteiger partial charge in [0.1, 0.15) is 0 Å². The van der Waals surface area contributed by atoms with Crippen LogP contribution in [0.25, 0.3) is 0 Å². The largest absolute Gasteiger partial charge is 0.123 e. The normalized spacial score (nSPS) is 16.8. The maximum atomic E-state index is 5.83. The average Bonchev–Trinajstić information content (AvgIpc) is 1.88. The van der Waals surface area contributed by atoms with Gasteiger partial charge in [0.15, 0.2) is 0 Å². The molecular weight excluding hydrogens is 211 g/mol. The van der Waals surface area contributed by atoms with E-state index in [4.69, 9.17) is 11.6 Å². The fourth-order valence-corrected chi connectivity index (χ4v) is 1.25. The Bertz CT molecular complexity index is 73.7. The molecule has 2 atom stereocenters. The van der Waals surface area contributed by atoms with Gasteiger partial charge in [-0.05, 0) is 32.6 Å². The fraction of sp³-hybridized carbons (Fsp3) is 0.875. The van der Waals surface area contributed by atoms with E-state index in [1.807, 2.05) is 6.92 Å². The molecule has 0 aromatic heterocycles. The Hall–Kier alpha value is 0.770. The van der Waals surface area contributed by atoms with Crippen LogP contribution in [0.3, 0.4) is 0 Å². The van der Waals surface area contributed by atoms with Crippen LogP contribution in [-0.2, 0) is 0 Å². The molecule has 0 aliphatic carbocycles. The molecule has 0 bridgehead atoms. The molecule has 0 saturated carbocycles. The summed E-state index contributed by atoms with van der Waals surface area (Å²) in [5, 5.41) is 1.31. The molecule has 61 valence electrons. The average molecular weight is 227 g/mol. The lowest BCUT2D eigenvalue weighted by Crippen LogP contribution is -2.06. The van der Waals surface area contributed by atoms with Crippen LogP contribution in [0.2, 0.25) is 0 Å². The Kier molecular flexibility index (Phi) is 6.98. The van der Waals surface area contributed by atoms with Crippen molar-refractivity contribution in [3.63, 3.8) is 0 Å². The van der Waals surface area contributed by atoms with Gasteiger partial charge in [-0.15, -0.1) is 11.6 Å². The predicted molar refractivity (Wildman–Crippen MR) is 51.8 cm³/mol. The third-order valence-corrected chi connectivity index (χ3v) is 2.53. The number of rotatable bonds is 5. The second-order valence-electron chi connectivity index (χ2n) is 2.62. The first-order valence-electron chi connectivity index (χ1n) is 3.71. The Morgan fingerprint density at radius 1 is 1.50 bits per heavy atom. The van der Waals surface area contributed by atoms with E-state index in [9.17, 15) is 0 Å². The lowest BCUT2D eigenvalue weighted by Gasteiger charge is -2.11. The van der Waals surface area contributed by atoms with Gasteiger partial charge in [-0.1, -0.05) is 22.4 Å². The molecular formula is C8H15BrCl. The molecule has 0 aliphatic rings. The fourth-order valence-electron chi connectivity index (χ4n) is 0.731. The number of alkyl halides is 2. The lowest BCUT2D eigenvalue weighted by molar-refractivity contribution is 0.545. The molecule has 0 heterocycles. The monoisotopic (exact) mass is 225 g/mol. The molecule has 0 aromatic carbocycles. The number of unbranched alkanes of at least 4 members (excludes halogenated alkanes) is 1. The molecule has 1 radical (unpaired) electrons. The Labute approximate surface area is 77.5 Å². The van der Waals surface area contributed by atoms with E-state index in [2.05, 4.69) is 22.9 Å². The van der Waals surface area contributed by atoms with Crippen molar-refractivity contribution in [3.8, 4) is 0 Å². The molecule has 0 N–H and O–H groups in total. The van der Waals surface area contributed by atoms with E-state index in [0.717, 1.165) is 11.8 Å². The smallest absolute Gasteiger partial charge is 0.0336 e. The first-order valence-corrected chi connectivity index (χ1v) is 5.27. The van der Waals surface area contributed by atoms with Gasteiger partial charge in [-0.25, -0.2) is 0 Å². The Morgan fingerprint density at radius 3 is 2.50 bits per heavy atom. The molecule has 0 rings (SSSR count). The highest BCUT2D eigenvalue weighted by Crippen LogP contribution is 2.16. The van der Waals surface area contributed by atoms with Crippen molar-refractivity contribution in [1.29, 1.82) is 0 Å². The first kappa shape index (κ1) is 10.8. The summed E-state index contributed by atoms with van der Waals surface area (Å²) in [7, 11) is 0. The van der Waals surface area contributed by atoms with Crippen LogP contribution in [0.4, 0.5) is 0 Å². The van der Waals surface area contributed by atoms with Gasteiger partial charge in [0.2, 0.25) is 0 Å². The zero-order valence-electron chi connectivity index (χ0n) is 6.45. The molecule has 0 spiro atoms. The minimum Gasteiger partial charge on any atom is -0.123 e. The summed E-state index contributed by atoms with van der Waals surface area (Å²) in [4.78, 5) is 0. The molecule has 0 aromatic rings. The van der Waals surface area contributed by atoms with E-state index in [1.54, 1.807) is 0 Å². The number of halogens is 2. The summed E-state index contributed by atoms with van der Waals surface area (Å²) >= 11 is 9.22. The quantitative estimate of drug-likeness (QED) is 0.496. The zero-order valence-corrected chi connectivity index (χ0v) is 8.79. The van der Waals surface area contributed by atoms with Gasteiger partial charge in [0, 0.05) is 10.7 Å². The van der Waals surface area contributed by atoms with Crippen molar-refractivity contribution in [1.82, 2.24) is 0 Å². The van der Waals surface area contributed by atoms with Crippen LogP contribution >= 0.6 is 27.5 Å². The van der Waals surface area contributed by atoms with Crippen molar-refractivity contribution in [2.75, 3.05) is 5.33 Å². The van der Waals surface area contributed by atoms with Crippen LogP contribution in [0.1, 0.15) is 26.2 Å². The van der Waals surface area contributed by atoms with Crippen LogP contribution < -0.4 is 0 Å². The van der Waals surface area contributed by atoms with E-state index in [0.29, 0.717) is 5.92 Å². The van der Waals surface area contributed by atoms with Gasteiger partial charge in [-0.3, -0.25) is 0 Å². The lowest BCUT2D eigenvalue weighted by atomic mass is 10.0. The molecule has 0 saturated heterocycles. The molecule has 2 unspecified atom stereocenters. The molecule has 0 amide bonds. The summed E-state index contributed by atoms with van der Waals surface area (Å²) < 4.78 is 0. The maximum Gasteiger partial charge on any atom is 0.0336 e. The third-order valence-electron chi connectivity index (χ3n) is 1.61. The highest BCUT2D eigenvalue weighted by molar-refractivity contribution is 9.09. The Balaban J connectivity index is 3.13. The van der Waals surface area contributed by atoms with Gasteiger partial charge >= 0.3 is 0 Å². The van der Waals surface area contributed by atoms with Crippen LogP contribution in [0.5, 0.6) is 0 Å². The molecule has 0 fully saturated rings.